The molecule has 0 saturated heterocycles. The first-order valence-electron chi connectivity index (χ1n) is 7.12. The number of hydrogen-bond acceptors (Lipinski definition) is 2. The first-order chi connectivity index (χ1) is 9.58. The summed E-state index contributed by atoms with van der Waals surface area (Å²) in [5.74, 6) is 0. The van der Waals surface area contributed by atoms with Crippen molar-refractivity contribution < 1.29 is 22.9 Å². The average Bonchev–Trinajstić information content (AvgIpc) is 2.83. The largest absolute Gasteiger partial charge is 0.147 e. The Morgan fingerprint density at radius 3 is 2.50 bits per heavy atom. The van der Waals surface area contributed by atoms with Crippen LogP contribution in [0.15, 0.2) is 42.0 Å². The molecule has 0 aromatic heterocycles. The zero-order chi connectivity index (χ0) is 14.5. The standard InChI is InChI=1S/C14H16N.C3H7O.2ClH.Ti/c1-15(2)11-13-9-6-10-14(13)12-7-4-3-5-8-12;1-3(2)4;;;/h3-7,9H,10-11H2,1-2H3;3H,1-2H3;2*1H;/q;-1;;;+1. The maximum absolute atomic E-state index is 5.92. The SMILES string of the molecule is CC(C)[O][Ti][c]1ccccc1C1=C(CN(C)C)C=CC1.Cl.Cl. The molecule has 0 amide bonds. The molecule has 0 bridgehead atoms. The summed E-state index contributed by atoms with van der Waals surface area (Å²) >= 11 is -0.513. The van der Waals surface area contributed by atoms with Crippen LogP contribution in [0, 0.1) is 0 Å². The second-order valence-electron chi connectivity index (χ2n) is 5.66. The minimum absolute atomic E-state index is 0. The normalized spacial score (nSPS) is 13.4. The quantitative estimate of drug-likeness (QED) is 0.698. The van der Waals surface area contributed by atoms with E-state index in [-0.39, 0.29) is 24.8 Å². The van der Waals surface area contributed by atoms with Gasteiger partial charge in [0.25, 0.3) is 0 Å². The maximum atomic E-state index is 5.92. The number of halogens is 2. The predicted octanol–water partition coefficient (Wildman–Crippen LogP) is 3.85. The second kappa shape index (κ2) is 10.6. The van der Waals surface area contributed by atoms with Gasteiger partial charge in [-0.2, -0.15) is 0 Å². The van der Waals surface area contributed by atoms with Crippen LogP contribution in [-0.2, 0) is 22.9 Å². The number of benzene rings is 1. The van der Waals surface area contributed by atoms with Gasteiger partial charge in [-0.25, -0.2) is 0 Å². The summed E-state index contributed by atoms with van der Waals surface area (Å²) in [5, 5.41) is 0. The van der Waals surface area contributed by atoms with E-state index >= 15 is 0 Å². The summed E-state index contributed by atoms with van der Waals surface area (Å²) < 4.78 is 7.33. The predicted molar refractivity (Wildman–Crippen MR) is 96.0 cm³/mol. The summed E-state index contributed by atoms with van der Waals surface area (Å²) in [7, 11) is 4.25. The fourth-order valence-electron chi connectivity index (χ4n) is 2.34. The Balaban J connectivity index is 0.00000220. The molecule has 1 aliphatic carbocycles. The molecule has 0 heterocycles. The van der Waals surface area contributed by atoms with Crippen molar-refractivity contribution in [2.24, 2.45) is 0 Å². The van der Waals surface area contributed by atoms with Crippen LogP contribution in [0.1, 0.15) is 25.8 Å². The van der Waals surface area contributed by atoms with E-state index in [9.17, 15) is 0 Å². The summed E-state index contributed by atoms with van der Waals surface area (Å²) in [6.45, 7) is 5.23. The van der Waals surface area contributed by atoms with E-state index < -0.39 is 19.5 Å². The fourth-order valence-corrected chi connectivity index (χ4v) is 3.70. The third-order valence-corrected chi connectivity index (χ3v) is 5.12. The van der Waals surface area contributed by atoms with Crippen molar-refractivity contribution in [2.75, 3.05) is 20.6 Å². The Morgan fingerprint density at radius 1 is 1.18 bits per heavy atom. The molecular formula is C17H25Cl2NOTi. The van der Waals surface area contributed by atoms with Gasteiger partial charge in [-0.15, -0.1) is 24.8 Å². The van der Waals surface area contributed by atoms with E-state index in [4.69, 9.17) is 3.32 Å². The molecule has 2 rings (SSSR count). The summed E-state index contributed by atoms with van der Waals surface area (Å²) in [4.78, 5) is 2.23. The number of likely N-dealkylation sites (N-methyl/N-ethyl adjacent to an activating group) is 1. The van der Waals surface area contributed by atoms with Gasteiger partial charge in [-0.05, 0) is 0 Å². The Bertz CT molecular complexity index is 527. The Morgan fingerprint density at radius 2 is 1.86 bits per heavy atom. The molecule has 0 saturated carbocycles. The van der Waals surface area contributed by atoms with Crippen LogP contribution < -0.4 is 3.87 Å². The van der Waals surface area contributed by atoms with Gasteiger partial charge in [-0.3, -0.25) is 0 Å². The Hall–Kier alpha value is -0.0857. The molecule has 122 valence electrons. The van der Waals surface area contributed by atoms with Crippen LogP contribution >= 0.6 is 24.8 Å². The van der Waals surface area contributed by atoms with Gasteiger partial charge in [0.15, 0.2) is 0 Å². The number of allylic oxidation sites excluding steroid dienone is 2. The van der Waals surface area contributed by atoms with Gasteiger partial charge in [0.2, 0.25) is 0 Å². The van der Waals surface area contributed by atoms with Gasteiger partial charge < -0.3 is 0 Å². The van der Waals surface area contributed by atoms with Crippen LogP contribution in [0.25, 0.3) is 5.57 Å². The zero-order valence-electron chi connectivity index (χ0n) is 13.6. The van der Waals surface area contributed by atoms with E-state index in [0.717, 1.165) is 13.0 Å². The molecule has 0 aliphatic heterocycles. The zero-order valence-corrected chi connectivity index (χ0v) is 16.8. The van der Waals surface area contributed by atoms with Gasteiger partial charge in [0.1, 0.15) is 0 Å². The molecule has 22 heavy (non-hydrogen) atoms. The van der Waals surface area contributed by atoms with Crippen molar-refractivity contribution in [3.63, 3.8) is 0 Å². The Labute approximate surface area is 156 Å². The van der Waals surface area contributed by atoms with Crippen molar-refractivity contribution in [2.45, 2.75) is 26.4 Å². The Kier molecular flexibility index (Phi) is 10.6. The number of rotatable bonds is 6. The molecule has 0 spiro atoms. The number of nitrogens with zero attached hydrogens (tertiary/aromatic N) is 1. The van der Waals surface area contributed by atoms with E-state index in [1.54, 1.807) is 0 Å². The minimum atomic E-state index is -0.513. The summed E-state index contributed by atoms with van der Waals surface area (Å²) in [5.41, 5.74) is 4.32. The molecule has 1 aromatic carbocycles. The topological polar surface area (TPSA) is 12.5 Å². The molecule has 0 atom stereocenters. The third kappa shape index (κ3) is 6.19. The van der Waals surface area contributed by atoms with Crippen LogP contribution in [0.2, 0.25) is 0 Å². The van der Waals surface area contributed by atoms with Crippen LogP contribution in [0.3, 0.4) is 0 Å². The molecule has 0 unspecified atom stereocenters. The van der Waals surface area contributed by atoms with Crippen molar-refractivity contribution in [3.8, 4) is 0 Å². The van der Waals surface area contributed by atoms with Gasteiger partial charge >= 0.3 is 132 Å². The molecule has 2 nitrogen and oxygen atoms in total. The van der Waals surface area contributed by atoms with Crippen molar-refractivity contribution in [1.29, 1.82) is 0 Å². The van der Waals surface area contributed by atoms with Crippen molar-refractivity contribution >= 4 is 34.3 Å². The van der Waals surface area contributed by atoms with Crippen molar-refractivity contribution in [3.05, 3.63) is 47.6 Å². The molecule has 0 radical (unpaired) electrons. The summed E-state index contributed by atoms with van der Waals surface area (Å²) in [6, 6.07) is 8.75. The monoisotopic (exact) mass is 377 g/mol. The molecule has 0 N–H and O–H groups in total. The molecule has 1 aliphatic rings. The summed E-state index contributed by atoms with van der Waals surface area (Å²) in [6.07, 6.45) is 5.91. The van der Waals surface area contributed by atoms with Crippen LogP contribution in [0.4, 0.5) is 0 Å². The third-order valence-electron chi connectivity index (χ3n) is 3.17. The van der Waals surface area contributed by atoms with Gasteiger partial charge in [0, 0.05) is 0 Å². The smallest absolute Gasteiger partial charge is 0.147 e. The van der Waals surface area contributed by atoms with Gasteiger partial charge in [-0.1, -0.05) is 0 Å². The minimum Gasteiger partial charge on any atom is -0.147 e. The van der Waals surface area contributed by atoms with Crippen molar-refractivity contribution in [1.82, 2.24) is 4.90 Å². The van der Waals surface area contributed by atoms with Crippen LogP contribution in [0.5, 0.6) is 0 Å². The van der Waals surface area contributed by atoms with E-state index in [2.05, 4.69) is 69.3 Å². The van der Waals surface area contributed by atoms with E-state index in [0.29, 0.717) is 6.10 Å². The average molecular weight is 378 g/mol. The molecular weight excluding hydrogens is 353 g/mol. The van der Waals surface area contributed by atoms with Crippen LogP contribution in [-0.4, -0.2) is 31.6 Å². The maximum Gasteiger partial charge on any atom is -0.147 e. The molecule has 0 fully saturated rings. The number of hydrogen-bond donors (Lipinski definition) is 0. The first kappa shape index (κ1) is 21.9. The van der Waals surface area contributed by atoms with E-state index in [1.807, 2.05) is 0 Å². The molecule has 5 heteroatoms. The first-order valence-corrected chi connectivity index (χ1v) is 8.54. The second-order valence-corrected chi connectivity index (χ2v) is 7.19. The fraction of sp³-hybridized carbons (Fsp3) is 0.412. The van der Waals surface area contributed by atoms with Gasteiger partial charge in [0.05, 0.1) is 0 Å². The molecule has 1 aromatic rings. The van der Waals surface area contributed by atoms with E-state index in [1.165, 1.54) is 20.6 Å².